The maximum atomic E-state index is 11.1. The molecule has 2 saturated heterocycles. The topological polar surface area (TPSA) is 43.8 Å². The van der Waals surface area contributed by atoms with Crippen LogP contribution in [0.3, 0.4) is 0 Å². The van der Waals surface area contributed by atoms with Crippen LogP contribution in [-0.2, 0) is 4.79 Å². The van der Waals surface area contributed by atoms with Gasteiger partial charge in [-0.15, -0.1) is 0 Å². The first-order valence-corrected chi connectivity index (χ1v) is 6.55. The van der Waals surface area contributed by atoms with Crippen LogP contribution >= 0.6 is 0 Å². The quantitative estimate of drug-likeness (QED) is 0.783. The molecule has 0 unspecified atom stereocenters. The van der Waals surface area contributed by atoms with Crippen molar-refractivity contribution < 1.29 is 9.90 Å². The van der Waals surface area contributed by atoms with Crippen molar-refractivity contribution in [2.24, 2.45) is 0 Å². The lowest BCUT2D eigenvalue weighted by molar-refractivity contribution is -0.129. The van der Waals surface area contributed by atoms with Gasteiger partial charge in [0.2, 0.25) is 5.91 Å². The number of fused-ring (bicyclic) bond motifs is 2. The summed E-state index contributed by atoms with van der Waals surface area (Å²) in [4.78, 5) is 15.1. The number of nitrogens with zero attached hydrogens (tertiary/aromatic N) is 2. The lowest BCUT2D eigenvalue weighted by Gasteiger charge is -2.36. The van der Waals surface area contributed by atoms with Gasteiger partial charge in [-0.3, -0.25) is 9.69 Å². The Morgan fingerprint density at radius 2 is 2.06 bits per heavy atom. The molecule has 2 bridgehead atoms. The van der Waals surface area contributed by atoms with E-state index in [1.54, 1.807) is 11.9 Å². The smallest absolute Gasteiger partial charge is 0.219 e. The third-order valence-electron chi connectivity index (χ3n) is 4.09. The standard InChI is InChI=1S/C13H23N2O2/c1-10(16)14(2)8-13(17)9-15-11-4-3-5-12(15)7-6-11/h3,11-13,17H,4-9H2,1-2H3/t11-,12+,13-/m0/s1. The summed E-state index contributed by atoms with van der Waals surface area (Å²) in [7, 11) is 1.74. The number of rotatable bonds is 4. The van der Waals surface area contributed by atoms with E-state index < -0.39 is 6.10 Å². The zero-order valence-electron chi connectivity index (χ0n) is 10.8. The Balaban J connectivity index is 1.82. The number of hydrogen-bond donors (Lipinski definition) is 1. The highest BCUT2D eigenvalue weighted by atomic mass is 16.3. The molecule has 2 aliphatic rings. The maximum Gasteiger partial charge on any atom is 0.219 e. The summed E-state index contributed by atoms with van der Waals surface area (Å²) in [5, 5.41) is 10.0. The lowest BCUT2D eigenvalue weighted by Crippen LogP contribution is -2.47. The average molecular weight is 239 g/mol. The normalized spacial score (nSPS) is 30.3. The van der Waals surface area contributed by atoms with Crippen molar-refractivity contribution in [3.05, 3.63) is 6.42 Å². The molecule has 1 N–H and O–H groups in total. The van der Waals surface area contributed by atoms with E-state index in [2.05, 4.69) is 11.3 Å². The van der Waals surface area contributed by atoms with Crippen molar-refractivity contribution >= 4 is 5.91 Å². The minimum absolute atomic E-state index is 0.0130. The second-order valence-corrected chi connectivity index (χ2v) is 5.40. The summed E-state index contributed by atoms with van der Waals surface area (Å²) >= 11 is 0. The summed E-state index contributed by atoms with van der Waals surface area (Å²) in [5.74, 6) is 0.0130. The summed E-state index contributed by atoms with van der Waals surface area (Å²) in [6.07, 6.45) is 6.79. The van der Waals surface area contributed by atoms with Crippen LogP contribution in [0.1, 0.15) is 32.6 Å². The van der Waals surface area contributed by atoms with E-state index in [1.807, 2.05) is 0 Å². The minimum atomic E-state index is -0.426. The highest BCUT2D eigenvalue weighted by Gasteiger charge is 2.37. The molecule has 1 amide bonds. The summed E-state index contributed by atoms with van der Waals surface area (Å²) < 4.78 is 0. The van der Waals surface area contributed by atoms with Crippen molar-refractivity contribution in [2.45, 2.75) is 50.8 Å². The summed E-state index contributed by atoms with van der Waals surface area (Å²) in [5.41, 5.74) is 0. The number of amides is 1. The number of carbonyl (C=O) groups excluding carboxylic acids is 1. The molecule has 3 atom stereocenters. The molecule has 97 valence electrons. The van der Waals surface area contributed by atoms with E-state index in [1.165, 1.54) is 19.8 Å². The van der Waals surface area contributed by atoms with Gasteiger partial charge < -0.3 is 10.0 Å². The molecule has 2 rings (SSSR count). The Labute approximate surface area is 104 Å². The van der Waals surface area contributed by atoms with Gasteiger partial charge in [-0.2, -0.15) is 0 Å². The highest BCUT2D eigenvalue weighted by molar-refractivity contribution is 5.72. The Kier molecular flexibility index (Phi) is 4.05. The molecule has 0 saturated carbocycles. The zero-order chi connectivity index (χ0) is 12.4. The second kappa shape index (κ2) is 5.36. The molecule has 4 nitrogen and oxygen atoms in total. The zero-order valence-corrected chi connectivity index (χ0v) is 10.8. The fourth-order valence-electron chi connectivity index (χ4n) is 3.05. The van der Waals surface area contributed by atoms with Crippen molar-refractivity contribution in [2.75, 3.05) is 20.1 Å². The molecule has 0 aromatic heterocycles. The van der Waals surface area contributed by atoms with Gasteiger partial charge in [-0.05, 0) is 32.1 Å². The molecule has 2 heterocycles. The van der Waals surface area contributed by atoms with Crippen molar-refractivity contribution in [1.82, 2.24) is 9.80 Å². The molecule has 17 heavy (non-hydrogen) atoms. The van der Waals surface area contributed by atoms with Crippen LogP contribution in [0.4, 0.5) is 0 Å². The summed E-state index contributed by atoms with van der Waals surface area (Å²) in [6.45, 7) is 2.68. The monoisotopic (exact) mass is 239 g/mol. The van der Waals surface area contributed by atoms with Gasteiger partial charge in [-0.1, -0.05) is 0 Å². The number of hydrogen-bond acceptors (Lipinski definition) is 3. The Bertz CT molecular complexity index is 267. The minimum Gasteiger partial charge on any atom is -0.390 e. The molecule has 1 radical (unpaired) electrons. The van der Waals surface area contributed by atoms with Gasteiger partial charge in [0.1, 0.15) is 0 Å². The van der Waals surface area contributed by atoms with Crippen molar-refractivity contribution in [1.29, 1.82) is 0 Å². The fraction of sp³-hybridized carbons (Fsp3) is 0.846. The van der Waals surface area contributed by atoms with Crippen LogP contribution in [0.5, 0.6) is 0 Å². The molecular weight excluding hydrogens is 216 g/mol. The first-order chi connectivity index (χ1) is 8.08. The SMILES string of the molecule is CC(=O)N(C)C[C@H](O)CN1[C@@H]2C[CH]C[C@H]1CC2. The predicted octanol–water partition coefficient (Wildman–Crippen LogP) is 0.657. The number of aliphatic hydroxyl groups is 1. The van der Waals surface area contributed by atoms with Crippen molar-refractivity contribution in [3.8, 4) is 0 Å². The van der Waals surface area contributed by atoms with Gasteiger partial charge >= 0.3 is 0 Å². The molecular formula is C13H23N2O2. The highest BCUT2D eigenvalue weighted by Crippen LogP contribution is 2.34. The third-order valence-corrected chi connectivity index (χ3v) is 4.09. The average Bonchev–Trinajstić information content (AvgIpc) is 2.51. The van der Waals surface area contributed by atoms with Gasteiger partial charge in [0.15, 0.2) is 0 Å². The fourth-order valence-corrected chi connectivity index (χ4v) is 3.05. The number of carbonyl (C=O) groups is 1. The van der Waals surface area contributed by atoms with E-state index in [-0.39, 0.29) is 5.91 Å². The van der Waals surface area contributed by atoms with Gasteiger partial charge in [-0.25, -0.2) is 0 Å². The van der Waals surface area contributed by atoms with Crippen LogP contribution in [0.2, 0.25) is 0 Å². The Morgan fingerprint density at radius 3 is 2.59 bits per heavy atom. The van der Waals surface area contributed by atoms with Gasteiger partial charge in [0.05, 0.1) is 6.10 Å². The number of likely N-dealkylation sites (N-methyl/N-ethyl adjacent to an activating group) is 1. The van der Waals surface area contributed by atoms with E-state index >= 15 is 0 Å². The largest absolute Gasteiger partial charge is 0.390 e. The van der Waals surface area contributed by atoms with Gasteiger partial charge in [0.25, 0.3) is 0 Å². The maximum absolute atomic E-state index is 11.1. The van der Waals surface area contributed by atoms with E-state index in [0.717, 1.165) is 12.8 Å². The van der Waals surface area contributed by atoms with E-state index in [0.29, 0.717) is 25.2 Å². The molecule has 0 aromatic carbocycles. The first-order valence-electron chi connectivity index (χ1n) is 6.55. The molecule has 4 heteroatoms. The lowest BCUT2D eigenvalue weighted by atomic mass is 10.0. The van der Waals surface area contributed by atoms with Crippen LogP contribution in [0.15, 0.2) is 0 Å². The van der Waals surface area contributed by atoms with Crippen LogP contribution < -0.4 is 0 Å². The second-order valence-electron chi connectivity index (χ2n) is 5.40. The van der Waals surface area contributed by atoms with Crippen molar-refractivity contribution in [3.63, 3.8) is 0 Å². The Morgan fingerprint density at radius 1 is 1.47 bits per heavy atom. The van der Waals surface area contributed by atoms with Crippen LogP contribution in [0, 0.1) is 6.42 Å². The number of piperidine rings is 1. The molecule has 0 aliphatic carbocycles. The van der Waals surface area contributed by atoms with E-state index in [9.17, 15) is 9.90 Å². The summed E-state index contributed by atoms with van der Waals surface area (Å²) in [6, 6.07) is 1.26. The molecule has 2 aliphatic heterocycles. The number of aliphatic hydroxyl groups excluding tert-OH is 1. The predicted molar refractivity (Wildman–Crippen MR) is 66.4 cm³/mol. The first kappa shape index (κ1) is 12.8. The Hall–Kier alpha value is -0.610. The van der Waals surface area contributed by atoms with Gasteiger partial charge in [0, 0.05) is 39.1 Å². The molecule has 2 fully saturated rings. The third kappa shape index (κ3) is 2.99. The molecule has 0 spiro atoms. The molecule has 0 aromatic rings. The van der Waals surface area contributed by atoms with E-state index in [4.69, 9.17) is 0 Å². The van der Waals surface area contributed by atoms with Crippen LogP contribution in [0.25, 0.3) is 0 Å². The van der Waals surface area contributed by atoms with Crippen LogP contribution in [-0.4, -0.2) is 59.1 Å².